The first kappa shape index (κ1) is 14.3. The fraction of sp³-hybridized carbons (Fsp3) is 1.00. The zero-order valence-corrected chi connectivity index (χ0v) is 11.5. The van der Waals surface area contributed by atoms with Crippen LogP contribution in [-0.2, 0) is 9.47 Å². The molecule has 1 saturated heterocycles. The lowest BCUT2D eigenvalue weighted by Crippen LogP contribution is -2.34. The van der Waals surface area contributed by atoms with Gasteiger partial charge in [-0.1, -0.05) is 0 Å². The highest BCUT2D eigenvalue weighted by molar-refractivity contribution is 4.72. The quantitative estimate of drug-likeness (QED) is 0.576. The molecule has 1 heterocycles. The molecule has 1 saturated carbocycles. The summed E-state index contributed by atoms with van der Waals surface area (Å²) in [6.07, 6.45) is 6.68. The molecule has 0 atom stereocenters. The molecule has 0 aromatic heterocycles. The Labute approximate surface area is 111 Å². The maximum Gasteiger partial charge on any atom is 0.0600 e. The van der Waals surface area contributed by atoms with E-state index in [1.165, 1.54) is 12.8 Å². The maximum atomic E-state index is 5.82. The van der Waals surface area contributed by atoms with Crippen LogP contribution in [0, 0.1) is 5.92 Å². The van der Waals surface area contributed by atoms with Gasteiger partial charge in [-0.3, -0.25) is 0 Å². The van der Waals surface area contributed by atoms with Crippen molar-refractivity contribution < 1.29 is 9.47 Å². The summed E-state index contributed by atoms with van der Waals surface area (Å²) in [4.78, 5) is 0. The van der Waals surface area contributed by atoms with Crippen molar-refractivity contribution in [2.24, 2.45) is 5.92 Å². The van der Waals surface area contributed by atoms with Gasteiger partial charge in [0.2, 0.25) is 0 Å². The predicted octanol–water partition coefficient (Wildman–Crippen LogP) is 1.16. The molecule has 0 spiro atoms. The van der Waals surface area contributed by atoms with Gasteiger partial charge in [0.1, 0.15) is 0 Å². The predicted molar refractivity (Wildman–Crippen MR) is 72.9 cm³/mol. The van der Waals surface area contributed by atoms with E-state index in [9.17, 15) is 0 Å². The van der Waals surface area contributed by atoms with E-state index in [0.29, 0.717) is 6.10 Å². The Bertz CT molecular complexity index is 204. The topological polar surface area (TPSA) is 42.5 Å². The van der Waals surface area contributed by atoms with Gasteiger partial charge in [0.15, 0.2) is 0 Å². The maximum absolute atomic E-state index is 5.82. The van der Waals surface area contributed by atoms with E-state index < -0.39 is 0 Å². The summed E-state index contributed by atoms with van der Waals surface area (Å²) >= 11 is 0. The van der Waals surface area contributed by atoms with Crippen molar-refractivity contribution in [1.29, 1.82) is 0 Å². The zero-order chi connectivity index (χ0) is 12.5. The standard InChI is InChI=1S/C14H28N2O2/c1(10-17-12-13-2-3-13)6-15-9-11-18-14-4-7-16-8-5-14/h13-16H,1-12H2. The molecule has 0 bridgehead atoms. The molecular formula is C14H28N2O2. The minimum atomic E-state index is 0.481. The van der Waals surface area contributed by atoms with Gasteiger partial charge < -0.3 is 20.1 Å². The molecule has 0 radical (unpaired) electrons. The van der Waals surface area contributed by atoms with Crippen LogP contribution >= 0.6 is 0 Å². The fourth-order valence-corrected chi connectivity index (χ4v) is 2.22. The minimum absolute atomic E-state index is 0.481. The van der Waals surface area contributed by atoms with Crippen molar-refractivity contribution in [3.8, 4) is 0 Å². The van der Waals surface area contributed by atoms with Crippen LogP contribution in [0.2, 0.25) is 0 Å². The molecule has 0 amide bonds. The molecular weight excluding hydrogens is 228 g/mol. The molecule has 4 nitrogen and oxygen atoms in total. The van der Waals surface area contributed by atoms with Crippen LogP contribution in [0.25, 0.3) is 0 Å². The Kier molecular flexibility index (Phi) is 7.01. The lowest BCUT2D eigenvalue weighted by molar-refractivity contribution is 0.0346. The van der Waals surface area contributed by atoms with Crippen LogP contribution in [0.3, 0.4) is 0 Å². The molecule has 18 heavy (non-hydrogen) atoms. The van der Waals surface area contributed by atoms with Crippen LogP contribution in [0.4, 0.5) is 0 Å². The second-order valence-corrected chi connectivity index (χ2v) is 5.44. The second-order valence-electron chi connectivity index (χ2n) is 5.44. The first-order chi connectivity index (χ1) is 8.95. The van der Waals surface area contributed by atoms with Crippen molar-refractivity contribution in [3.63, 3.8) is 0 Å². The number of nitrogens with one attached hydrogen (secondary N) is 2. The van der Waals surface area contributed by atoms with Crippen molar-refractivity contribution in [2.75, 3.05) is 46.0 Å². The van der Waals surface area contributed by atoms with Crippen molar-refractivity contribution in [2.45, 2.75) is 38.2 Å². The molecule has 1 aliphatic heterocycles. The molecule has 0 unspecified atom stereocenters. The molecule has 4 heteroatoms. The summed E-state index contributed by atoms with van der Waals surface area (Å²) in [6, 6.07) is 0. The lowest BCUT2D eigenvalue weighted by Gasteiger charge is -2.22. The number of hydrogen-bond acceptors (Lipinski definition) is 4. The molecule has 1 aliphatic carbocycles. The highest BCUT2D eigenvalue weighted by atomic mass is 16.5. The highest BCUT2D eigenvalue weighted by Crippen LogP contribution is 2.28. The average molecular weight is 256 g/mol. The number of ether oxygens (including phenoxy) is 2. The first-order valence-electron chi connectivity index (χ1n) is 7.56. The lowest BCUT2D eigenvalue weighted by atomic mass is 10.1. The summed E-state index contributed by atoms with van der Waals surface area (Å²) in [7, 11) is 0. The average Bonchev–Trinajstić information content (AvgIpc) is 3.22. The Hall–Kier alpha value is -0.160. The Morgan fingerprint density at radius 3 is 2.61 bits per heavy atom. The SMILES string of the molecule is C(CNCCOC1CCNCC1)COCC1CC1. The summed E-state index contributed by atoms with van der Waals surface area (Å²) in [5.41, 5.74) is 0. The number of piperidine rings is 1. The van der Waals surface area contributed by atoms with Gasteiger partial charge in [0.25, 0.3) is 0 Å². The first-order valence-corrected chi connectivity index (χ1v) is 7.56. The van der Waals surface area contributed by atoms with E-state index in [0.717, 1.165) is 71.2 Å². The Balaban J connectivity index is 1.28. The van der Waals surface area contributed by atoms with Gasteiger partial charge in [-0.15, -0.1) is 0 Å². The molecule has 106 valence electrons. The van der Waals surface area contributed by atoms with Gasteiger partial charge in [0.05, 0.1) is 12.7 Å². The normalized spacial score (nSPS) is 21.3. The Morgan fingerprint density at radius 1 is 1.00 bits per heavy atom. The monoisotopic (exact) mass is 256 g/mol. The van der Waals surface area contributed by atoms with Gasteiger partial charge in [-0.2, -0.15) is 0 Å². The largest absolute Gasteiger partial charge is 0.381 e. The number of rotatable bonds is 10. The molecule has 2 aliphatic rings. The highest BCUT2D eigenvalue weighted by Gasteiger charge is 2.20. The molecule has 0 aromatic rings. The smallest absolute Gasteiger partial charge is 0.0600 e. The van der Waals surface area contributed by atoms with Gasteiger partial charge in [-0.25, -0.2) is 0 Å². The summed E-state index contributed by atoms with van der Waals surface area (Å²) in [5.74, 6) is 0.886. The summed E-state index contributed by atoms with van der Waals surface area (Å²) in [5, 5.41) is 6.76. The van der Waals surface area contributed by atoms with Crippen molar-refractivity contribution >= 4 is 0 Å². The van der Waals surface area contributed by atoms with E-state index in [4.69, 9.17) is 9.47 Å². The van der Waals surface area contributed by atoms with Crippen LogP contribution in [0.1, 0.15) is 32.1 Å². The van der Waals surface area contributed by atoms with Crippen LogP contribution in [0.5, 0.6) is 0 Å². The van der Waals surface area contributed by atoms with E-state index >= 15 is 0 Å². The van der Waals surface area contributed by atoms with Gasteiger partial charge >= 0.3 is 0 Å². The third kappa shape index (κ3) is 6.69. The van der Waals surface area contributed by atoms with Gasteiger partial charge in [-0.05, 0) is 57.7 Å². The van der Waals surface area contributed by atoms with Crippen molar-refractivity contribution in [1.82, 2.24) is 10.6 Å². The van der Waals surface area contributed by atoms with E-state index in [-0.39, 0.29) is 0 Å². The second kappa shape index (κ2) is 8.86. The van der Waals surface area contributed by atoms with Crippen LogP contribution < -0.4 is 10.6 Å². The minimum Gasteiger partial charge on any atom is -0.381 e. The van der Waals surface area contributed by atoms with E-state index in [2.05, 4.69) is 10.6 Å². The molecule has 2 rings (SSSR count). The van der Waals surface area contributed by atoms with Crippen molar-refractivity contribution in [3.05, 3.63) is 0 Å². The fourth-order valence-electron chi connectivity index (χ4n) is 2.22. The molecule has 2 N–H and O–H groups in total. The summed E-state index contributed by atoms with van der Waals surface area (Å²) in [6.45, 7) is 6.95. The van der Waals surface area contributed by atoms with Crippen LogP contribution in [0.15, 0.2) is 0 Å². The Morgan fingerprint density at radius 2 is 1.83 bits per heavy atom. The summed E-state index contributed by atoms with van der Waals surface area (Å²) < 4.78 is 11.4. The third-order valence-corrected chi connectivity index (χ3v) is 3.61. The zero-order valence-electron chi connectivity index (χ0n) is 11.5. The van der Waals surface area contributed by atoms with Gasteiger partial charge in [0, 0.05) is 19.8 Å². The molecule has 0 aromatic carbocycles. The third-order valence-electron chi connectivity index (χ3n) is 3.61. The van der Waals surface area contributed by atoms with Crippen LogP contribution in [-0.4, -0.2) is 52.1 Å². The van der Waals surface area contributed by atoms with E-state index in [1.54, 1.807) is 0 Å². The number of hydrogen-bond donors (Lipinski definition) is 2. The molecule has 2 fully saturated rings. The van der Waals surface area contributed by atoms with E-state index in [1.807, 2.05) is 0 Å².